The summed E-state index contributed by atoms with van der Waals surface area (Å²) in [7, 11) is 1.27. The van der Waals surface area contributed by atoms with E-state index in [0.29, 0.717) is 17.1 Å². The van der Waals surface area contributed by atoms with Crippen LogP contribution in [0, 0.1) is 0 Å². The highest BCUT2D eigenvalue weighted by Gasteiger charge is 2.36. The molecule has 0 unspecified atom stereocenters. The number of halogens is 3. The minimum atomic E-state index is -4.50. The first kappa shape index (κ1) is 20.9. The topological polar surface area (TPSA) is 40.1 Å². The zero-order chi connectivity index (χ0) is 22.3. The minimum absolute atomic E-state index is 0.196. The van der Waals surface area contributed by atoms with Gasteiger partial charge in [0.2, 0.25) is 0 Å². The first-order valence-corrected chi connectivity index (χ1v) is 10.9. The van der Waals surface area contributed by atoms with Crippen molar-refractivity contribution in [2.75, 3.05) is 33.3 Å². The van der Waals surface area contributed by atoms with E-state index in [0.717, 1.165) is 62.9 Å². The number of methoxy groups -OCH3 is 1. The van der Waals surface area contributed by atoms with Crippen molar-refractivity contribution in [3.63, 3.8) is 0 Å². The summed E-state index contributed by atoms with van der Waals surface area (Å²) in [6.07, 6.45) is 6.59. The Bertz CT molecular complexity index is 1070. The number of ether oxygens (including phenoxy) is 1. The van der Waals surface area contributed by atoms with Crippen LogP contribution in [0.3, 0.4) is 0 Å². The summed E-state index contributed by atoms with van der Waals surface area (Å²) in [4.78, 5) is 9.15. The van der Waals surface area contributed by atoms with Gasteiger partial charge in [-0.1, -0.05) is 6.07 Å². The number of alkyl halides is 3. The maximum atomic E-state index is 13.6. The van der Waals surface area contributed by atoms with Gasteiger partial charge in [-0.05, 0) is 55.2 Å². The lowest BCUT2D eigenvalue weighted by Gasteiger charge is -2.37. The Hall–Kier alpha value is -3.00. The van der Waals surface area contributed by atoms with Crippen molar-refractivity contribution in [2.45, 2.75) is 25.4 Å². The van der Waals surface area contributed by atoms with Gasteiger partial charge in [-0.25, -0.2) is 4.99 Å². The molecule has 1 saturated heterocycles. The molecule has 0 amide bonds. The van der Waals surface area contributed by atoms with Crippen LogP contribution in [0.25, 0.3) is 5.70 Å². The minimum Gasteiger partial charge on any atom is -0.495 e. The molecule has 4 aliphatic rings. The molecule has 0 bridgehead atoms. The number of piperazine rings is 1. The fourth-order valence-electron chi connectivity index (χ4n) is 4.43. The van der Waals surface area contributed by atoms with Gasteiger partial charge in [0.1, 0.15) is 11.6 Å². The Morgan fingerprint density at radius 2 is 1.88 bits per heavy atom. The Balaban J connectivity index is 1.57. The number of rotatable bonds is 3. The third-order valence-electron chi connectivity index (χ3n) is 6.28. The average molecular weight is 442 g/mol. The molecule has 0 spiro atoms. The van der Waals surface area contributed by atoms with E-state index in [1.807, 2.05) is 18.2 Å². The van der Waals surface area contributed by atoms with Crippen LogP contribution < -0.4 is 10.1 Å². The summed E-state index contributed by atoms with van der Waals surface area (Å²) in [6, 6.07) is 4.08. The number of benzene rings is 1. The number of hydrogen-bond donors (Lipinski definition) is 1. The molecule has 0 radical (unpaired) electrons. The van der Waals surface area contributed by atoms with Crippen LogP contribution >= 0.6 is 0 Å². The molecule has 32 heavy (non-hydrogen) atoms. The van der Waals surface area contributed by atoms with Crippen LogP contribution in [0.4, 0.5) is 13.2 Å². The van der Waals surface area contributed by atoms with Gasteiger partial charge < -0.3 is 15.0 Å². The van der Waals surface area contributed by atoms with Crippen LogP contribution in [0.5, 0.6) is 5.75 Å². The number of fused-ring (bicyclic) bond motifs is 1. The van der Waals surface area contributed by atoms with Gasteiger partial charge in [0.05, 0.1) is 24.1 Å². The molecule has 168 valence electrons. The highest BCUT2D eigenvalue weighted by molar-refractivity contribution is 6.02. The van der Waals surface area contributed by atoms with Gasteiger partial charge >= 0.3 is 6.18 Å². The summed E-state index contributed by atoms with van der Waals surface area (Å²) < 4.78 is 45.9. The summed E-state index contributed by atoms with van der Waals surface area (Å²) in [5.41, 5.74) is 3.46. The van der Waals surface area contributed by atoms with Gasteiger partial charge in [0.15, 0.2) is 0 Å². The molecule has 8 heteroatoms. The van der Waals surface area contributed by atoms with Crippen LogP contribution in [0.2, 0.25) is 0 Å². The third kappa shape index (κ3) is 3.72. The fraction of sp³-hybridized carbons (Fsp3) is 0.375. The molecule has 3 aliphatic heterocycles. The van der Waals surface area contributed by atoms with E-state index in [2.05, 4.69) is 21.3 Å². The van der Waals surface area contributed by atoms with E-state index in [9.17, 15) is 13.2 Å². The maximum absolute atomic E-state index is 13.6. The standard InChI is InChI=1S/C24H25F3N4O/c1-32-23-18(6-3-7-19(23)24(25,26)27)20-14-21(16-4-2-5-16)31-15-17(8-9-22(31)29-20)30-12-10-28-11-13-30/h3,6-9,14-15,28H,2,4-5,10-13H2,1H3. The zero-order valence-corrected chi connectivity index (χ0v) is 17.9. The second-order valence-electron chi connectivity index (χ2n) is 8.22. The monoisotopic (exact) mass is 442 g/mol. The quantitative estimate of drug-likeness (QED) is 0.747. The molecule has 1 saturated carbocycles. The molecule has 1 aliphatic carbocycles. The number of para-hydroxylation sites is 1. The number of allylic oxidation sites excluding steroid dienone is 3. The average Bonchev–Trinajstić information content (AvgIpc) is 2.77. The number of nitrogens with one attached hydrogen (secondary N) is 1. The Labute approximate surface area is 185 Å². The molecule has 0 aromatic heterocycles. The first-order chi connectivity index (χ1) is 15.5. The van der Waals surface area contributed by atoms with Crippen molar-refractivity contribution in [3.05, 3.63) is 70.7 Å². The van der Waals surface area contributed by atoms with E-state index in [1.54, 1.807) is 6.07 Å². The van der Waals surface area contributed by atoms with Crippen molar-refractivity contribution in [3.8, 4) is 5.75 Å². The molecule has 5 nitrogen and oxygen atoms in total. The summed E-state index contributed by atoms with van der Waals surface area (Å²) in [5.74, 6) is 0.508. The lowest BCUT2D eigenvalue weighted by atomic mass is 9.88. The summed E-state index contributed by atoms with van der Waals surface area (Å²) in [6.45, 7) is 3.76. The van der Waals surface area contributed by atoms with Gasteiger partial charge in [0, 0.05) is 43.6 Å². The number of amidine groups is 1. The van der Waals surface area contributed by atoms with Gasteiger partial charge in [-0.2, -0.15) is 13.2 Å². The molecule has 3 heterocycles. The van der Waals surface area contributed by atoms with E-state index in [4.69, 9.17) is 9.73 Å². The van der Waals surface area contributed by atoms with Crippen LogP contribution in [0.15, 0.2) is 64.6 Å². The van der Waals surface area contributed by atoms with Crippen molar-refractivity contribution in [2.24, 2.45) is 4.99 Å². The lowest BCUT2D eigenvalue weighted by Crippen LogP contribution is -2.44. The Kier molecular flexibility index (Phi) is 5.33. The Morgan fingerprint density at radius 1 is 1.09 bits per heavy atom. The first-order valence-electron chi connectivity index (χ1n) is 10.9. The van der Waals surface area contributed by atoms with Crippen molar-refractivity contribution < 1.29 is 17.9 Å². The number of hydrogen-bond acceptors (Lipinski definition) is 5. The predicted octanol–water partition coefficient (Wildman–Crippen LogP) is 4.52. The van der Waals surface area contributed by atoms with Crippen molar-refractivity contribution in [1.82, 2.24) is 15.1 Å². The lowest BCUT2D eigenvalue weighted by molar-refractivity contribution is -0.138. The second-order valence-corrected chi connectivity index (χ2v) is 8.22. The fourth-order valence-corrected chi connectivity index (χ4v) is 4.43. The second kappa shape index (κ2) is 8.16. The van der Waals surface area contributed by atoms with Gasteiger partial charge in [0.25, 0.3) is 0 Å². The summed E-state index contributed by atoms with van der Waals surface area (Å²) >= 11 is 0. The van der Waals surface area contributed by atoms with E-state index < -0.39 is 11.7 Å². The van der Waals surface area contributed by atoms with E-state index >= 15 is 0 Å². The molecule has 5 rings (SSSR count). The zero-order valence-electron chi connectivity index (χ0n) is 17.9. The maximum Gasteiger partial charge on any atom is 0.419 e. The van der Waals surface area contributed by atoms with Crippen LogP contribution in [0.1, 0.15) is 30.4 Å². The van der Waals surface area contributed by atoms with E-state index in [1.165, 1.54) is 18.7 Å². The van der Waals surface area contributed by atoms with Crippen molar-refractivity contribution in [1.29, 1.82) is 0 Å². The van der Waals surface area contributed by atoms with Gasteiger partial charge in [-0.15, -0.1) is 0 Å². The molecule has 1 aromatic carbocycles. The van der Waals surface area contributed by atoms with Gasteiger partial charge in [-0.3, -0.25) is 4.90 Å². The molecule has 2 fully saturated rings. The van der Waals surface area contributed by atoms with Crippen LogP contribution in [-0.2, 0) is 6.18 Å². The Morgan fingerprint density at radius 3 is 2.53 bits per heavy atom. The highest BCUT2D eigenvalue weighted by Crippen LogP contribution is 2.43. The summed E-state index contributed by atoms with van der Waals surface area (Å²) in [5, 5.41) is 3.36. The largest absolute Gasteiger partial charge is 0.495 e. The van der Waals surface area contributed by atoms with E-state index in [-0.39, 0.29) is 5.75 Å². The normalized spacial score (nSPS) is 20.9. The third-order valence-corrected chi connectivity index (χ3v) is 6.28. The van der Waals surface area contributed by atoms with Crippen molar-refractivity contribution >= 4 is 11.5 Å². The molecule has 1 aromatic rings. The number of nitrogens with zero attached hydrogens (tertiary/aromatic N) is 3. The van der Waals surface area contributed by atoms with Crippen LogP contribution in [-0.4, -0.2) is 48.9 Å². The SMILES string of the molecule is COc1c(C2=CC(=C3CCC3)N3C=C(N4CCNCC4)C=CC3=N2)cccc1C(F)(F)F. The molecular weight excluding hydrogens is 417 g/mol. The molecule has 1 N–H and O–H groups in total. The molecular formula is C24H25F3N4O. The predicted molar refractivity (Wildman–Crippen MR) is 118 cm³/mol. The highest BCUT2D eigenvalue weighted by atomic mass is 19.4. The number of aliphatic imine (C=N–C) groups is 1. The smallest absolute Gasteiger partial charge is 0.419 e. The molecule has 0 atom stereocenters.